The van der Waals surface area contributed by atoms with E-state index in [4.69, 9.17) is 0 Å². The maximum absolute atomic E-state index is 14.0. The van der Waals surface area contributed by atoms with Gasteiger partial charge in [0.25, 0.3) is 5.91 Å². The summed E-state index contributed by atoms with van der Waals surface area (Å²) in [5.74, 6) is -2.72. The number of hydrogen-bond donors (Lipinski definition) is 2. The van der Waals surface area contributed by atoms with Gasteiger partial charge in [-0.3, -0.25) is 4.79 Å². The van der Waals surface area contributed by atoms with E-state index in [1.54, 1.807) is 30.4 Å². The highest BCUT2D eigenvalue weighted by molar-refractivity contribution is 5.99. The maximum Gasteiger partial charge on any atom is 0.441 e. The van der Waals surface area contributed by atoms with Gasteiger partial charge in [0.2, 0.25) is 0 Å². The molecule has 2 N–H and O–H groups in total. The van der Waals surface area contributed by atoms with Gasteiger partial charge in [-0.15, -0.1) is 0 Å². The lowest BCUT2D eigenvalue weighted by atomic mass is 10.1. The summed E-state index contributed by atoms with van der Waals surface area (Å²) in [6.45, 7) is 2.86. The van der Waals surface area contributed by atoms with Crippen LogP contribution < -0.4 is 10.6 Å². The van der Waals surface area contributed by atoms with Crippen LogP contribution in [0.5, 0.6) is 0 Å². The predicted octanol–water partition coefficient (Wildman–Crippen LogP) is 3.66. The molecular weight excluding hydrogens is 361 g/mol. The number of carbonyl (C=O) groups excluding carboxylic acids is 2. The van der Waals surface area contributed by atoms with Gasteiger partial charge in [-0.2, -0.15) is 13.2 Å². The summed E-state index contributed by atoms with van der Waals surface area (Å²) in [5.41, 5.74) is -2.64. The van der Waals surface area contributed by atoms with Crippen LogP contribution in [0, 0.1) is 6.92 Å². The smallest absolute Gasteiger partial charge is 0.441 e. The van der Waals surface area contributed by atoms with Gasteiger partial charge in [0.1, 0.15) is 0 Å². The number of anilines is 1. The third kappa shape index (κ3) is 4.58. The van der Waals surface area contributed by atoms with Gasteiger partial charge in [-0.1, -0.05) is 35.9 Å². The van der Waals surface area contributed by atoms with Crippen molar-refractivity contribution in [2.45, 2.75) is 25.7 Å². The highest BCUT2D eigenvalue weighted by atomic mass is 19.4. The normalized spacial score (nSPS) is 13.4. The number of alkyl halides is 3. The Morgan fingerprint density at radius 1 is 1.00 bits per heavy atom. The summed E-state index contributed by atoms with van der Waals surface area (Å²) in [6, 6.07) is 13.2. The van der Waals surface area contributed by atoms with E-state index in [2.05, 4.69) is 10.1 Å². The molecule has 2 aromatic rings. The average Bonchev–Trinajstić information content (AvgIpc) is 2.62. The number of benzene rings is 2. The fourth-order valence-corrected chi connectivity index (χ4v) is 2.32. The number of aryl methyl sites for hydroxylation is 1. The Morgan fingerprint density at radius 2 is 1.59 bits per heavy atom. The Morgan fingerprint density at radius 3 is 2.11 bits per heavy atom. The Balaban J connectivity index is 2.48. The molecule has 0 aliphatic carbocycles. The fraction of sp³-hybridized carbons (Fsp3) is 0.263. The number of nitrogens with one attached hydrogen (secondary N) is 2. The van der Waals surface area contributed by atoms with Gasteiger partial charge in [0, 0.05) is 11.3 Å². The van der Waals surface area contributed by atoms with Gasteiger partial charge >= 0.3 is 17.8 Å². The number of esters is 1. The standard InChI is InChI=1S/C19H19F3N2O3/c1-3-27-17(26)18(19(20,21)22,23-15-11-9-13(2)10-12-15)24-16(25)14-7-5-4-6-8-14/h4-12,23H,3H2,1-2H3,(H,24,25)/t18-/m0/s1. The Bertz CT molecular complexity index is 792. The molecule has 8 heteroatoms. The van der Waals surface area contributed by atoms with Crippen molar-refractivity contribution in [2.75, 3.05) is 11.9 Å². The molecule has 0 unspecified atom stereocenters. The Kier molecular flexibility index (Phi) is 6.09. The zero-order valence-electron chi connectivity index (χ0n) is 14.8. The van der Waals surface area contributed by atoms with Crippen molar-refractivity contribution < 1.29 is 27.5 Å². The van der Waals surface area contributed by atoms with E-state index in [0.29, 0.717) is 0 Å². The van der Waals surface area contributed by atoms with Gasteiger partial charge < -0.3 is 15.4 Å². The summed E-state index contributed by atoms with van der Waals surface area (Å²) in [7, 11) is 0. The van der Waals surface area contributed by atoms with Crippen molar-refractivity contribution in [1.82, 2.24) is 5.32 Å². The van der Waals surface area contributed by atoms with Crippen LogP contribution in [0.2, 0.25) is 0 Å². The number of hydrogen-bond acceptors (Lipinski definition) is 4. The molecule has 0 aliphatic rings. The number of halogens is 3. The molecule has 1 atom stereocenters. The summed E-state index contributed by atoms with van der Waals surface area (Å²) in [5, 5.41) is 3.90. The summed E-state index contributed by atoms with van der Waals surface area (Å²) >= 11 is 0. The number of rotatable bonds is 6. The van der Waals surface area contributed by atoms with Crippen molar-refractivity contribution in [2.24, 2.45) is 0 Å². The lowest BCUT2D eigenvalue weighted by Crippen LogP contribution is -2.69. The molecule has 0 saturated carbocycles. The number of carbonyl (C=O) groups is 2. The van der Waals surface area contributed by atoms with Crippen molar-refractivity contribution in [1.29, 1.82) is 0 Å². The van der Waals surface area contributed by atoms with Crippen molar-refractivity contribution in [3.05, 3.63) is 65.7 Å². The number of ether oxygens (including phenoxy) is 1. The van der Waals surface area contributed by atoms with Crippen LogP contribution in [0.25, 0.3) is 0 Å². The first-order valence-electron chi connectivity index (χ1n) is 8.16. The molecule has 1 amide bonds. The van der Waals surface area contributed by atoms with Crippen LogP contribution in [-0.4, -0.2) is 30.3 Å². The van der Waals surface area contributed by atoms with Gasteiger partial charge in [0.05, 0.1) is 6.61 Å². The van der Waals surface area contributed by atoms with Gasteiger partial charge in [0.15, 0.2) is 0 Å². The van der Waals surface area contributed by atoms with Crippen LogP contribution in [-0.2, 0) is 9.53 Å². The molecule has 0 heterocycles. The second-order valence-corrected chi connectivity index (χ2v) is 5.78. The van der Waals surface area contributed by atoms with Crippen LogP contribution in [0.3, 0.4) is 0 Å². The molecule has 5 nitrogen and oxygen atoms in total. The minimum atomic E-state index is -5.17. The summed E-state index contributed by atoms with van der Waals surface area (Å²) in [4.78, 5) is 24.7. The Hall–Kier alpha value is -3.03. The van der Waals surface area contributed by atoms with Crippen molar-refractivity contribution in [3.8, 4) is 0 Å². The second kappa shape index (κ2) is 8.11. The van der Waals surface area contributed by atoms with E-state index in [0.717, 1.165) is 5.56 Å². The molecular formula is C19H19F3N2O3. The molecule has 0 spiro atoms. The molecule has 2 aromatic carbocycles. The zero-order chi connectivity index (χ0) is 20.1. The largest absolute Gasteiger partial charge is 0.463 e. The second-order valence-electron chi connectivity index (χ2n) is 5.78. The molecule has 0 saturated heterocycles. The van der Waals surface area contributed by atoms with E-state index in [1.165, 1.54) is 43.3 Å². The highest BCUT2D eigenvalue weighted by Crippen LogP contribution is 2.33. The van der Waals surface area contributed by atoms with Crippen LogP contribution in [0.4, 0.5) is 18.9 Å². The Labute approximate surface area is 154 Å². The molecule has 0 aromatic heterocycles. The van der Waals surface area contributed by atoms with Crippen LogP contribution in [0.1, 0.15) is 22.8 Å². The third-order valence-electron chi connectivity index (χ3n) is 3.73. The van der Waals surface area contributed by atoms with Gasteiger partial charge in [-0.05, 0) is 38.1 Å². The minimum absolute atomic E-state index is 0.000611. The van der Waals surface area contributed by atoms with Crippen molar-refractivity contribution in [3.63, 3.8) is 0 Å². The first-order chi connectivity index (χ1) is 12.7. The molecule has 0 bridgehead atoms. The van der Waals surface area contributed by atoms with Crippen molar-refractivity contribution >= 4 is 17.6 Å². The molecule has 0 aliphatic heterocycles. The molecule has 144 valence electrons. The van der Waals surface area contributed by atoms with E-state index in [9.17, 15) is 22.8 Å². The third-order valence-corrected chi connectivity index (χ3v) is 3.73. The predicted molar refractivity (Wildman–Crippen MR) is 94.1 cm³/mol. The molecule has 27 heavy (non-hydrogen) atoms. The average molecular weight is 380 g/mol. The summed E-state index contributed by atoms with van der Waals surface area (Å²) in [6.07, 6.45) is -5.17. The van der Waals surface area contributed by atoms with E-state index < -0.39 is 23.7 Å². The lowest BCUT2D eigenvalue weighted by molar-refractivity contribution is -0.204. The first-order valence-corrected chi connectivity index (χ1v) is 8.16. The summed E-state index contributed by atoms with van der Waals surface area (Å²) < 4.78 is 46.7. The van der Waals surface area contributed by atoms with E-state index in [1.807, 2.05) is 0 Å². The SMILES string of the molecule is CCOC(=O)[C@@](NC(=O)c1ccccc1)(Nc1ccc(C)cc1)C(F)(F)F. The minimum Gasteiger partial charge on any atom is -0.463 e. The monoisotopic (exact) mass is 380 g/mol. The van der Waals surface area contributed by atoms with E-state index in [-0.39, 0.29) is 17.9 Å². The number of amides is 1. The lowest BCUT2D eigenvalue weighted by Gasteiger charge is -2.35. The fourth-order valence-electron chi connectivity index (χ4n) is 2.32. The molecule has 2 rings (SSSR count). The zero-order valence-corrected chi connectivity index (χ0v) is 14.8. The molecule has 0 fully saturated rings. The van der Waals surface area contributed by atoms with Crippen LogP contribution in [0.15, 0.2) is 54.6 Å². The quantitative estimate of drug-likeness (QED) is 0.593. The topological polar surface area (TPSA) is 67.4 Å². The molecule has 0 radical (unpaired) electrons. The van der Waals surface area contributed by atoms with E-state index >= 15 is 0 Å². The highest BCUT2D eigenvalue weighted by Gasteiger charge is 2.63. The van der Waals surface area contributed by atoms with Gasteiger partial charge in [-0.25, -0.2) is 4.79 Å². The maximum atomic E-state index is 14.0. The first kappa shape index (κ1) is 20.3. The van der Waals surface area contributed by atoms with Crippen LogP contribution >= 0.6 is 0 Å².